The zero-order valence-electron chi connectivity index (χ0n) is 11.3. The molecule has 0 aliphatic heterocycles. The molecule has 1 aromatic heterocycles. The van der Waals surface area contributed by atoms with Gasteiger partial charge in [-0.25, -0.2) is 4.98 Å². The highest BCUT2D eigenvalue weighted by Gasteiger charge is 2.16. The van der Waals surface area contributed by atoms with Crippen LogP contribution in [0.4, 0.5) is 0 Å². The molecule has 1 heterocycles. The van der Waals surface area contributed by atoms with E-state index in [-0.39, 0.29) is 17.8 Å². The number of nitrogens with one attached hydrogen (secondary N) is 1. The second-order valence-electron chi connectivity index (χ2n) is 4.41. The van der Waals surface area contributed by atoms with E-state index in [1.807, 2.05) is 18.4 Å². The summed E-state index contributed by atoms with van der Waals surface area (Å²) in [5.74, 6) is 1.01. The molecule has 2 unspecified atom stereocenters. The minimum atomic E-state index is 0.00833. The minimum absolute atomic E-state index is 0.00833. The van der Waals surface area contributed by atoms with Crippen molar-refractivity contribution in [2.45, 2.75) is 25.9 Å². The fraction of sp³-hybridized carbons (Fsp3) is 0.357. The van der Waals surface area contributed by atoms with Gasteiger partial charge in [-0.1, -0.05) is 0 Å². The molecule has 5 heteroatoms. The molecular formula is C14H18N2O2S. The van der Waals surface area contributed by atoms with Crippen LogP contribution in [0.1, 0.15) is 36.5 Å². The summed E-state index contributed by atoms with van der Waals surface area (Å²) in [7, 11) is 1.62. The number of hydrogen-bond acceptors (Lipinski definition) is 5. The van der Waals surface area contributed by atoms with Crippen molar-refractivity contribution < 1.29 is 9.84 Å². The molecule has 4 nitrogen and oxygen atoms in total. The highest BCUT2D eigenvalue weighted by Crippen LogP contribution is 2.30. The fourth-order valence-corrected chi connectivity index (χ4v) is 2.65. The lowest BCUT2D eigenvalue weighted by Gasteiger charge is -2.20. The van der Waals surface area contributed by atoms with Gasteiger partial charge in [-0.15, -0.1) is 11.3 Å². The maximum Gasteiger partial charge on any atom is 0.120 e. The third kappa shape index (κ3) is 3.24. The second-order valence-corrected chi connectivity index (χ2v) is 5.33. The van der Waals surface area contributed by atoms with Crippen LogP contribution in [-0.4, -0.2) is 17.2 Å². The van der Waals surface area contributed by atoms with E-state index in [4.69, 9.17) is 4.74 Å². The van der Waals surface area contributed by atoms with Crippen molar-refractivity contribution >= 4 is 11.3 Å². The third-order valence-corrected chi connectivity index (χ3v) is 3.98. The molecule has 0 aliphatic carbocycles. The quantitative estimate of drug-likeness (QED) is 0.881. The van der Waals surface area contributed by atoms with Crippen LogP contribution in [0, 0.1) is 0 Å². The van der Waals surface area contributed by atoms with E-state index in [0.29, 0.717) is 0 Å². The number of phenolic OH excluding ortho intramolecular Hbond substituents is 1. The number of nitrogens with zero attached hydrogens (tertiary/aromatic N) is 1. The van der Waals surface area contributed by atoms with E-state index in [1.165, 1.54) is 0 Å². The Bertz CT molecular complexity index is 528. The van der Waals surface area contributed by atoms with Crippen molar-refractivity contribution in [3.05, 3.63) is 40.3 Å². The lowest BCUT2D eigenvalue weighted by molar-refractivity contribution is 0.405. The largest absolute Gasteiger partial charge is 0.508 e. The molecular weight excluding hydrogens is 260 g/mol. The van der Waals surface area contributed by atoms with Crippen LogP contribution >= 0.6 is 11.3 Å². The lowest BCUT2D eigenvalue weighted by atomic mass is 10.1. The van der Waals surface area contributed by atoms with Crippen LogP contribution in [0.2, 0.25) is 0 Å². The zero-order valence-corrected chi connectivity index (χ0v) is 12.1. The Kier molecular flexibility index (Phi) is 4.39. The molecule has 0 spiro atoms. The number of phenols is 1. The molecule has 1 aromatic carbocycles. The molecule has 0 bridgehead atoms. The first-order valence-electron chi connectivity index (χ1n) is 6.14. The highest BCUT2D eigenvalue weighted by atomic mass is 32.1. The molecule has 102 valence electrons. The van der Waals surface area contributed by atoms with Gasteiger partial charge in [0.05, 0.1) is 13.2 Å². The average molecular weight is 278 g/mol. The highest BCUT2D eigenvalue weighted by molar-refractivity contribution is 7.09. The van der Waals surface area contributed by atoms with Crippen molar-refractivity contribution in [1.82, 2.24) is 10.3 Å². The molecule has 2 N–H and O–H groups in total. The monoisotopic (exact) mass is 278 g/mol. The van der Waals surface area contributed by atoms with Crippen molar-refractivity contribution in [3.63, 3.8) is 0 Å². The summed E-state index contributed by atoms with van der Waals surface area (Å²) in [5.41, 5.74) is 0.822. The van der Waals surface area contributed by atoms with Crippen LogP contribution in [0.25, 0.3) is 0 Å². The molecule has 0 saturated carbocycles. The van der Waals surface area contributed by atoms with Crippen LogP contribution in [0.5, 0.6) is 11.5 Å². The second kappa shape index (κ2) is 6.04. The smallest absolute Gasteiger partial charge is 0.120 e. The first kappa shape index (κ1) is 13.8. The normalized spacial score (nSPS) is 14.1. The number of thiazole rings is 1. The van der Waals surface area contributed by atoms with Gasteiger partial charge < -0.3 is 15.2 Å². The van der Waals surface area contributed by atoms with Gasteiger partial charge in [0.2, 0.25) is 0 Å². The van der Waals surface area contributed by atoms with E-state index >= 15 is 0 Å². The van der Waals surface area contributed by atoms with Gasteiger partial charge in [-0.05, 0) is 32.0 Å². The molecule has 0 aliphatic rings. The van der Waals surface area contributed by atoms with Gasteiger partial charge in [-0.3, -0.25) is 0 Å². The zero-order chi connectivity index (χ0) is 13.8. The Balaban J connectivity index is 2.13. The van der Waals surface area contributed by atoms with Gasteiger partial charge in [0, 0.05) is 23.2 Å². The summed E-state index contributed by atoms with van der Waals surface area (Å²) in [6.07, 6.45) is 1.80. The van der Waals surface area contributed by atoms with Crippen molar-refractivity contribution in [2.75, 3.05) is 7.11 Å². The molecule has 0 amide bonds. The number of benzene rings is 1. The van der Waals surface area contributed by atoms with E-state index in [1.54, 1.807) is 36.8 Å². The Labute approximate surface area is 117 Å². The summed E-state index contributed by atoms with van der Waals surface area (Å²) in [6.45, 7) is 4.07. The van der Waals surface area contributed by atoms with Crippen LogP contribution in [0.15, 0.2) is 29.8 Å². The molecule has 2 rings (SSSR count). The summed E-state index contributed by atoms with van der Waals surface area (Å²) >= 11 is 1.62. The van der Waals surface area contributed by atoms with Gasteiger partial charge >= 0.3 is 0 Å². The molecule has 0 radical (unpaired) electrons. The van der Waals surface area contributed by atoms with Gasteiger partial charge in [-0.2, -0.15) is 0 Å². The number of aromatic nitrogens is 1. The number of ether oxygens (including phenoxy) is 1. The summed E-state index contributed by atoms with van der Waals surface area (Å²) < 4.78 is 5.19. The summed E-state index contributed by atoms with van der Waals surface area (Å²) in [5, 5.41) is 16.4. The number of hydrogen-bond donors (Lipinski definition) is 2. The van der Waals surface area contributed by atoms with E-state index in [9.17, 15) is 5.11 Å². The number of aromatic hydroxyl groups is 1. The lowest BCUT2D eigenvalue weighted by Crippen LogP contribution is -2.22. The standard InChI is InChI=1S/C14H18N2O2S/c1-9(16-10(2)14-15-6-7-19-14)12-8-11(18-3)4-5-13(12)17/h4-10,16-17H,1-3H3. The molecule has 2 atom stereocenters. The Morgan fingerprint density at radius 3 is 2.74 bits per heavy atom. The summed E-state index contributed by atoms with van der Waals surface area (Å²) in [6, 6.07) is 5.40. The number of rotatable bonds is 5. The number of methoxy groups -OCH3 is 1. The van der Waals surface area contributed by atoms with Crippen molar-refractivity contribution in [1.29, 1.82) is 0 Å². The molecule has 19 heavy (non-hydrogen) atoms. The topological polar surface area (TPSA) is 54.4 Å². The predicted octanol–water partition coefficient (Wildman–Crippen LogP) is 3.27. The molecule has 0 saturated heterocycles. The molecule has 0 fully saturated rings. The van der Waals surface area contributed by atoms with Crippen LogP contribution in [-0.2, 0) is 0 Å². The first-order chi connectivity index (χ1) is 9.11. The Morgan fingerprint density at radius 1 is 1.32 bits per heavy atom. The van der Waals surface area contributed by atoms with Crippen LogP contribution in [0.3, 0.4) is 0 Å². The van der Waals surface area contributed by atoms with Crippen molar-refractivity contribution in [3.8, 4) is 11.5 Å². The maximum absolute atomic E-state index is 9.94. The third-order valence-electron chi connectivity index (χ3n) is 3.02. The Morgan fingerprint density at radius 2 is 2.11 bits per heavy atom. The van der Waals surface area contributed by atoms with E-state index in [2.05, 4.69) is 17.2 Å². The van der Waals surface area contributed by atoms with E-state index in [0.717, 1.165) is 16.3 Å². The minimum Gasteiger partial charge on any atom is -0.508 e. The van der Waals surface area contributed by atoms with Gasteiger partial charge in [0.25, 0.3) is 0 Å². The first-order valence-corrected chi connectivity index (χ1v) is 7.02. The average Bonchev–Trinajstić information content (AvgIpc) is 2.93. The maximum atomic E-state index is 9.94. The van der Waals surface area contributed by atoms with Crippen molar-refractivity contribution in [2.24, 2.45) is 0 Å². The SMILES string of the molecule is COc1ccc(O)c(C(C)NC(C)c2nccs2)c1. The van der Waals surface area contributed by atoms with Gasteiger partial charge in [0.15, 0.2) is 0 Å². The fourth-order valence-electron chi connectivity index (χ4n) is 1.99. The van der Waals surface area contributed by atoms with Gasteiger partial charge in [0.1, 0.15) is 16.5 Å². The predicted molar refractivity (Wildman–Crippen MR) is 76.7 cm³/mol. The van der Waals surface area contributed by atoms with E-state index < -0.39 is 0 Å². The Hall–Kier alpha value is -1.59. The molecule has 2 aromatic rings. The summed E-state index contributed by atoms with van der Waals surface area (Å²) in [4.78, 5) is 4.29. The van der Waals surface area contributed by atoms with Crippen LogP contribution < -0.4 is 10.1 Å².